The van der Waals surface area contributed by atoms with Gasteiger partial charge in [0.25, 0.3) is 5.91 Å². The standard InChI is InChI=1S/C23H29ClN2O4/c1-4-13-30-22-20(24)14-16(15-21(22)29-3)23(27)25-17-9-11-26(12-10-17)18-5-7-19(28-2)8-6-18/h5-8,14-15,17H,4,9-13H2,1-3H3,(H,25,27). The number of amides is 1. The molecule has 1 fully saturated rings. The van der Waals surface area contributed by atoms with E-state index in [9.17, 15) is 4.79 Å². The highest BCUT2D eigenvalue weighted by Gasteiger charge is 2.23. The summed E-state index contributed by atoms with van der Waals surface area (Å²) in [4.78, 5) is 15.1. The van der Waals surface area contributed by atoms with Gasteiger partial charge in [-0.15, -0.1) is 0 Å². The van der Waals surface area contributed by atoms with Gasteiger partial charge < -0.3 is 24.4 Å². The molecule has 0 radical (unpaired) electrons. The van der Waals surface area contributed by atoms with Gasteiger partial charge in [0.1, 0.15) is 5.75 Å². The molecule has 0 unspecified atom stereocenters. The summed E-state index contributed by atoms with van der Waals surface area (Å²) in [5.41, 5.74) is 1.64. The number of carbonyl (C=O) groups is 1. The number of nitrogens with one attached hydrogen (secondary N) is 1. The lowest BCUT2D eigenvalue weighted by atomic mass is 10.0. The van der Waals surface area contributed by atoms with Crippen LogP contribution in [0.5, 0.6) is 17.2 Å². The van der Waals surface area contributed by atoms with E-state index >= 15 is 0 Å². The van der Waals surface area contributed by atoms with Crippen LogP contribution in [-0.2, 0) is 0 Å². The number of anilines is 1. The lowest BCUT2D eigenvalue weighted by Gasteiger charge is -2.34. The Morgan fingerprint density at radius 2 is 1.83 bits per heavy atom. The van der Waals surface area contributed by atoms with Gasteiger partial charge in [-0.1, -0.05) is 18.5 Å². The summed E-state index contributed by atoms with van der Waals surface area (Å²) in [5, 5.41) is 3.50. The van der Waals surface area contributed by atoms with Gasteiger partial charge >= 0.3 is 0 Å². The quantitative estimate of drug-likeness (QED) is 0.663. The van der Waals surface area contributed by atoms with Gasteiger partial charge in [0.2, 0.25) is 0 Å². The molecule has 30 heavy (non-hydrogen) atoms. The molecule has 1 aliphatic rings. The molecule has 0 aromatic heterocycles. The van der Waals surface area contributed by atoms with E-state index in [1.165, 1.54) is 5.69 Å². The van der Waals surface area contributed by atoms with Crippen LogP contribution < -0.4 is 24.4 Å². The molecule has 1 aliphatic heterocycles. The van der Waals surface area contributed by atoms with E-state index in [0.29, 0.717) is 28.7 Å². The van der Waals surface area contributed by atoms with Gasteiger partial charge in [0.05, 0.1) is 25.8 Å². The third-order valence-corrected chi connectivity index (χ3v) is 5.49. The predicted octanol–water partition coefficient (Wildman–Crippen LogP) is 4.54. The Morgan fingerprint density at radius 3 is 2.43 bits per heavy atom. The molecule has 7 heteroatoms. The fraction of sp³-hybridized carbons (Fsp3) is 0.435. The van der Waals surface area contributed by atoms with Crippen LogP contribution in [0.1, 0.15) is 36.5 Å². The largest absolute Gasteiger partial charge is 0.497 e. The fourth-order valence-electron chi connectivity index (χ4n) is 3.54. The molecule has 162 valence electrons. The van der Waals surface area contributed by atoms with Crippen molar-refractivity contribution in [3.05, 3.63) is 47.0 Å². The highest BCUT2D eigenvalue weighted by molar-refractivity contribution is 6.32. The van der Waals surface area contributed by atoms with Gasteiger partial charge in [0.15, 0.2) is 11.5 Å². The third kappa shape index (κ3) is 5.30. The van der Waals surface area contributed by atoms with Crippen LogP contribution in [0.2, 0.25) is 5.02 Å². The first-order chi connectivity index (χ1) is 14.5. The van der Waals surface area contributed by atoms with Crippen molar-refractivity contribution in [3.8, 4) is 17.2 Å². The first kappa shape index (κ1) is 22.1. The summed E-state index contributed by atoms with van der Waals surface area (Å²) in [7, 11) is 3.21. The second-order valence-corrected chi connectivity index (χ2v) is 7.68. The van der Waals surface area contributed by atoms with Crippen molar-refractivity contribution < 1.29 is 19.0 Å². The highest BCUT2D eigenvalue weighted by atomic mass is 35.5. The molecular weight excluding hydrogens is 404 g/mol. The molecule has 0 spiro atoms. The van der Waals surface area contributed by atoms with Crippen LogP contribution in [0.3, 0.4) is 0 Å². The van der Waals surface area contributed by atoms with Crippen LogP contribution in [0.15, 0.2) is 36.4 Å². The van der Waals surface area contributed by atoms with Gasteiger partial charge in [-0.2, -0.15) is 0 Å². The van der Waals surface area contributed by atoms with Crippen molar-refractivity contribution in [2.75, 3.05) is 38.8 Å². The number of rotatable bonds is 8. The summed E-state index contributed by atoms with van der Waals surface area (Å²) in [6.07, 6.45) is 2.61. The van der Waals surface area contributed by atoms with E-state index < -0.39 is 0 Å². The summed E-state index contributed by atoms with van der Waals surface area (Å²) < 4.78 is 16.3. The van der Waals surface area contributed by atoms with Crippen LogP contribution in [0, 0.1) is 0 Å². The lowest BCUT2D eigenvalue weighted by Crippen LogP contribution is -2.44. The van der Waals surface area contributed by atoms with E-state index in [4.69, 9.17) is 25.8 Å². The number of piperidine rings is 1. The molecule has 0 bridgehead atoms. The van der Waals surface area contributed by atoms with E-state index in [1.807, 2.05) is 19.1 Å². The van der Waals surface area contributed by atoms with Crippen molar-refractivity contribution in [2.45, 2.75) is 32.2 Å². The number of hydrogen-bond donors (Lipinski definition) is 1. The topological polar surface area (TPSA) is 60.0 Å². The van der Waals surface area contributed by atoms with Gasteiger partial charge in [-0.05, 0) is 55.7 Å². The second kappa shape index (κ2) is 10.4. The number of hydrogen-bond acceptors (Lipinski definition) is 5. The second-order valence-electron chi connectivity index (χ2n) is 7.27. The zero-order valence-corrected chi connectivity index (χ0v) is 18.5. The molecule has 2 aromatic rings. The van der Waals surface area contributed by atoms with Crippen molar-refractivity contribution in [1.82, 2.24) is 5.32 Å². The molecule has 0 atom stereocenters. The van der Waals surface area contributed by atoms with E-state index in [-0.39, 0.29) is 11.9 Å². The average molecular weight is 433 g/mol. The molecule has 1 N–H and O–H groups in total. The Hall–Kier alpha value is -2.60. The van der Waals surface area contributed by atoms with Crippen molar-refractivity contribution >= 4 is 23.2 Å². The maximum absolute atomic E-state index is 12.8. The summed E-state index contributed by atoms with van der Waals surface area (Å²) >= 11 is 6.34. The SMILES string of the molecule is CCCOc1c(Cl)cc(C(=O)NC2CCN(c3ccc(OC)cc3)CC2)cc1OC. The first-order valence-electron chi connectivity index (χ1n) is 10.3. The lowest BCUT2D eigenvalue weighted by molar-refractivity contribution is 0.0930. The molecule has 6 nitrogen and oxygen atoms in total. The Kier molecular flexibility index (Phi) is 7.69. The molecule has 1 saturated heterocycles. The maximum Gasteiger partial charge on any atom is 0.251 e. The average Bonchev–Trinajstić information content (AvgIpc) is 2.78. The van der Waals surface area contributed by atoms with Crippen LogP contribution in [0.4, 0.5) is 5.69 Å². The molecule has 3 rings (SSSR count). The molecule has 1 amide bonds. The highest BCUT2D eigenvalue weighted by Crippen LogP contribution is 2.36. The first-order valence-corrected chi connectivity index (χ1v) is 10.6. The third-order valence-electron chi connectivity index (χ3n) is 5.21. The van der Waals surface area contributed by atoms with Gasteiger partial charge in [0, 0.05) is 30.4 Å². The Morgan fingerprint density at radius 1 is 1.13 bits per heavy atom. The van der Waals surface area contributed by atoms with E-state index in [1.54, 1.807) is 26.4 Å². The van der Waals surface area contributed by atoms with E-state index in [2.05, 4.69) is 22.3 Å². The zero-order chi connectivity index (χ0) is 21.5. The summed E-state index contributed by atoms with van der Waals surface area (Å²) in [6, 6.07) is 11.5. The maximum atomic E-state index is 12.8. The minimum atomic E-state index is -0.153. The molecule has 1 heterocycles. The monoisotopic (exact) mass is 432 g/mol. The Labute approximate surface area is 183 Å². The van der Waals surface area contributed by atoms with Crippen molar-refractivity contribution in [2.24, 2.45) is 0 Å². The van der Waals surface area contributed by atoms with Crippen LogP contribution in [0.25, 0.3) is 0 Å². The van der Waals surface area contributed by atoms with Crippen molar-refractivity contribution in [1.29, 1.82) is 0 Å². The smallest absolute Gasteiger partial charge is 0.251 e. The molecular formula is C23H29ClN2O4. The minimum Gasteiger partial charge on any atom is -0.497 e. The predicted molar refractivity (Wildman–Crippen MR) is 119 cm³/mol. The van der Waals surface area contributed by atoms with Crippen molar-refractivity contribution in [3.63, 3.8) is 0 Å². The Balaban J connectivity index is 1.59. The van der Waals surface area contributed by atoms with E-state index in [0.717, 1.165) is 38.1 Å². The normalized spacial score (nSPS) is 14.3. The number of carbonyl (C=O) groups excluding carboxylic acids is 1. The number of nitrogens with zero attached hydrogens (tertiary/aromatic N) is 1. The van der Waals surface area contributed by atoms with Gasteiger partial charge in [-0.25, -0.2) is 0 Å². The molecule has 0 saturated carbocycles. The van der Waals surface area contributed by atoms with Crippen LogP contribution >= 0.6 is 11.6 Å². The number of benzene rings is 2. The number of halogens is 1. The summed E-state index contributed by atoms with van der Waals surface area (Å²) in [6.45, 7) is 4.31. The zero-order valence-electron chi connectivity index (χ0n) is 17.7. The summed E-state index contributed by atoms with van der Waals surface area (Å²) in [5.74, 6) is 1.64. The van der Waals surface area contributed by atoms with Crippen LogP contribution in [-0.4, -0.2) is 45.9 Å². The molecule has 0 aliphatic carbocycles. The number of methoxy groups -OCH3 is 2. The Bertz CT molecular complexity index is 849. The van der Waals surface area contributed by atoms with Gasteiger partial charge in [-0.3, -0.25) is 4.79 Å². The fourth-order valence-corrected chi connectivity index (χ4v) is 3.80. The minimum absolute atomic E-state index is 0.118. The number of ether oxygens (including phenoxy) is 3. The molecule has 2 aromatic carbocycles.